The summed E-state index contributed by atoms with van der Waals surface area (Å²) in [5.74, 6) is -3.03. The van der Waals surface area contributed by atoms with Crippen molar-refractivity contribution in [1.82, 2.24) is 0 Å². The monoisotopic (exact) mass is 206 g/mol. The van der Waals surface area contributed by atoms with Gasteiger partial charge in [-0.3, -0.25) is 0 Å². The smallest absolute Gasteiger partial charge is 0.336 e. The van der Waals surface area contributed by atoms with Crippen molar-refractivity contribution in [2.45, 2.75) is 26.1 Å². The Labute approximate surface area is 81.1 Å². The lowest BCUT2D eigenvalue weighted by Crippen LogP contribution is -2.42. The molecule has 0 saturated carbocycles. The number of hydrogen-bond acceptors (Lipinski definition) is 4. The highest BCUT2D eigenvalue weighted by molar-refractivity contribution is 5.83. The minimum absolute atomic E-state index is 0.0674. The summed E-state index contributed by atoms with van der Waals surface area (Å²) in [6.07, 6.45) is -3.75. The van der Waals surface area contributed by atoms with Gasteiger partial charge < -0.3 is 20.1 Å². The van der Waals surface area contributed by atoms with Gasteiger partial charge in [0.25, 0.3) is 0 Å². The van der Waals surface area contributed by atoms with Crippen molar-refractivity contribution in [2.75, 3.05) is 6.61 Å². The van der Waals surface area contributed by atoms with E-state index in [1.165, 1.54) is 0 Å². The summed E-state index contributed by atoms with van der Waals surface area (Å²) < 4.78 is 4.76. The Morgan fingerprint density at radius 1 is 1.21 bits per heavy atom. The summed E-state index contributed by atoms with van der Waals surface area (Å²) >= 11 is 0. The summed E-state index contributed by atoms with van der Waals surface area (Å²) in [6, 6.07) is 0. The van der Waals surface area contributed by atoms with Crippen molar-refractivity contribution >= 4 is 11.9 Å². The van der Waals surface area contributed by atoms with E-state index in [9.17, 15) is 9.59 Å². The summed E-state index contributed by atoms with van der Waals surface area (Å²) in [7, 11) is 0. The number of aliphatic hydroxyl groups excluding tert-OH is 1. The Morgan fingerprint density at radius 3 is 2.00 bits per heavy atom. The normalized spacial score (nSPS) is 15.1. The third kappa shape index (κ3) is 4.20. The second-order valence-electron chi connectivity index (χ2n) is 3.27. The number of hydrogen-bond donors (Lipinski definition) is 3. The third-order valence-electron chi connectivity index (χ3n) is 1.39. The number of aliphatic hydroxyl groups is 1. The summed E-state index contributed by atoms with van der Waals surface area (Å²) in [4.78, 5) is 20.8. The maximum atomic E-state index is 10.5. The van der Waals surface area contributed by atoms with E-state index >= 15 is 0 Å². The fourth-order valence-electron chi connectivity index (χ4n) is 0.723. The highest BCUT2D eigenvalue weighted by Crippen LogP contribution is 2.04. The molecule has 6 heteroatoms. The maximum absolute atomic E-state index is 10.5. The molecule has 0 aromatic heterocycles. The van der Waals surface area contributed by atoms with Crippen LogP contribution in [0.3, 0.4) is 0 Å². The maximum Gasteiger partial charge on any atom is 0.336 e. The van der Waals surface area contributed by atoms with Gasteiger partial charge in [-0.2, -0.15) is 0 Å². The van der Waals surface area contributed by atoms with Crippen LogP contribution >= 0.6 is 0 Å². The van der Waals surface area contributed by atoms with Gasteiger partial charge in [0.2, 0.25) is 0 Å². The Bertz CT molecular complexity index is 212. The molecule has 0 spiro atoms. The predicted octanol–water partition coefficient (Wildman–Crippen LogP) is -0.442. The van der Waals surface area contributed by atoms with Crippen molar-refractivity contribution in [2.24, 2.45) is 5.92 Å². The van der Waals surface area contributed by atoms with Crippen LogP contribution in [-0.2, 0) is 14.3 Å². The molecule has 0 aliphatic rings. The molecule has 0 aromatic carbocycles. The van der Waals surface area contributed by atoms with Crippen LogP contribution in [0.25, 0.3) is 0 Å². The standard InChI is InChI=1S/C8H14O6/c1-4(2)3-14-6(8(12)13)5(9)7(10)11/h4-6,9H,3H2,1-2H3,(H,10,11)(H,12,13). The van der Waals surface area contributed by atoms with Crippen molar-refractivity contribution < 1.29 is 29.6 Å². The molecule has 14 heavy (non-hydrogen) atoms. The van der Waals surface area contributed by atoms with E-state index in [2.05, 4.69) is 0 Å². The second kappa shape index (κ2) is 5.56. The van der Waals surface area contributed by atoms with Gasteiger partial charge in [-0.05, 0) is 5.92 Å². The lowest BCUT2D eigenvalue weighted by Gasteiger charge is -2.17. The minimum atomic E-state index is -2.04. The Hall–Kier alpha value is -1.14. The first-order valence-corrected chi connectivity index (χ1v) is 4.11. The highest BCUT2D eigenvalue weighted by atomic mass is 16.5. The Balaban J connectivity index is 4.29. The van der Waals surface area contributed by atoms with Crippen LogP contribution in [0.5, 0.6) is 0 Å². The van der Waals surface area contributed by atoms with Gasteiger partial charge in [0.1, 0.15) is 0 Å². The third-order valence-corrected chi connectivity index (χ3v) is 1.39. The van der Waals surface area contributed by atoms with Crippen LogP contribution in [0.2, 0.25) is 0 Å². The zero-order valence-electron chi connectivity index (χ0n) is 8.01. The molecule has 0 bridgehead atoms. The topological polar surface area (TPSA) is 104 Å². The molecule has 3 N–H and O–H groups in total. The number of carboxylic acid groups (broad SMARTS) is 2. The summed E-state index contributed by atoms with van der Waals surface area (Å²) in [5, 5.41) is 25.9. The minimum Gasteiger partial charge on any atom is -0.479 e. The van der Waals surface area contributed by atoms with Crippen molar-refractivity contribution in [3.05, 3.63) is 0 Å². The lowest BCUT2D eigenvalue weighted by molar-refractivity contribution is -0.171. The van der Waals surface area contributed by atoms with Gasteiger partial charge >= 0.3 is 11.9 Å². The van der Waals surface area contributed by atoms with Gasteiger partial charge in [0.05, 0.1) is 6.61 Å². The molecule has 0 radical (unpaired) electrons. The molecule has 2 unspecified atom stereocenters. The van der Waals surface area contributed by atoms with Crippen molar-refractivity contribution in [3.8, 4) is 0 Å². The van der Waals surface area contributed by atoms with Crippen molar-refractivity contribution in [3.63, 3.8) is 0 Å². The largest absolute Gasteiger partial charge is 0.479 e. The Kier molecular flexibility index (Phi) is 5.11. The SMILES string of the molecule is CC(C)COC(C(=O)O)C(O)C(=O)O. The zero-order chi connectivity index (χ0) is 11.3. The molecule has 0 aromatic rings. The van der Waals surface area contributed by atoms with Gasteiger partial charge in [0, 0.05) is 0 Å². The predicted molar refractivity (Wildman–Crippen MR) is 45.9 cm³/mol. The Morgan fingerprint density at radius 2 is 1.71 bits per heavy atom. The molecule has 0 aliphatic heterocycles. The highest BCUT2D eigenvalue weighted by Gasteiger charge is 2.32. The molecule has 0 aliphatic carbocycles. The van der Waals surface area contributed by atoms with Crippen molar-refractivity contribution in [1.29, 1.82) is 0 Å². The van der Waals surface area contributed by atoms with Gasteiger partial charge in [0.15, 0.2) is 12.2 Å². The average Bonchev–Trinajstić information content (AvgIpc) is 2.02. The number of rotatable bonds is 6. The van der Waals surface area contributed by atoms with E-state index in [0.29, 0.717) is 0 Å². The average molecular weight is 206 g/mol. The molecule has 0 amide bonds. The van der Waals surface area contributed by atoms with Crippen LogP contribution in [0.15, 0.2) is 0 Å². The number of carbonyl (C=O) groups is 2. The van der Waals surface area contributed by atoms with Crippen LogP contribution in [0.4, 0.5) is 0 Å². The van der Waals surface area contributed by atoms with Gasteiger partial charge in [-0.15, -0.1) is 0 Å². The number of aliphatic carboxylic acids is 2. The quantitative estimate of drug-likeness (QED) is 0.544. The first-order chi connectivity index (χ1) is 6.36. The molecule has 0 saturated heterocycles. The summed E-state index contributed by atoms with van der Waals surface area (Å²) in [5.41, 5.74) is 0. The van der Waals surface area contributed by atoms with E-state index in [4.69, 9.17) is 20.1 Å². The van der Waals surface area contributed by atoms with E-state index in [1.54, 1.807) is 13.8 Å². The summed E-state index contributed by atoms with van der Waals surface area (Å²) in [6.45, 7) is 3.65. The van der Waals surface area contributed by atoms with Crippen LogP contribution in [0.1, 0.15) is 13.8 Å². The number of carboxylic acids is 2. The van der Waals surface area contributed by atoms with Gasteiger partial charge in [-0.1, -0.05) is 13.8 Å². The molecular formula is C8H14O6. The zero-order valence-corrected chi connectivity index (χ0v) is 8.01. The first-order valence-electron chi connectivity index (χ1n) is 4.11. The van der Waals surface area contributed by atoms with Crippen LogP contribution in [-0.4, -0.2) is 46.1 Å². The molecular weight excluding hydrogens is 192 g/mol. The fourth-order valence-corrected chi connectivity index (χ4v) is 0.723. The lowest BCUT2D eigenvalue weighted by atomic mass is 10.2. The van der Waals surface area contributed by atoms with E-state index in [0.717, 1.165) is 0 Å². The van der Waals surface area contributed by atoms with E-state index in [-0.39, 0.29) is 12.5 Å². The van der Waals surface area contributed by atoms with Gasteiger partial charge in [-0.25, -0.2) is 9.59 Å². The first kappa shape index (κ1) is 12.9. The molecule has 2 atom stereocenters. The molecule has 0 rings (SSSR count). The molecule has 6 nitrogen and oxygen atoms in total. The fraction of sp³-hybridized carbons (Fsp3) is 0.750. The molecule has 82 valence electrons. The van der Waals surface area contributed by atoms with Crippen LogP contribution in [0, 0.1) is 5.92 Å². The second-order valence-corrected chi connectivity index (χ2v) is 3.27. The number of ether oxygens (including phenoxy) is 1. The van der Waals surface area contributed by atoms with Crippen LogP contribution < -0.4 is 0 Å². The molecule has 0 fully saturated rings. The molecule has 0 heterocycles. The van der Waals surface area contributed by atoms with E-state index in [1.807, 2.05) is 0 Å². The van der Waals surface area contributed by atoms with E-state index < -0.39 is 24.1 Å².